The maximum Gasteiger partial charge on any atom is 0.503 e. The molecule has 0 fully saturated rings. The molecule has 0 heterocycles. The number of hydrogen-bond donors (Lipinski definition) is 0. The maximum absolute atomic E-state index is 5.80. The van der Waals surface area contributed by atoms with E-state index in [0.29, 0.717) is 5.54 Å². The summed E-state index contributed by atoms with van der Waals surface area (Å²) in [6.07, 6.45) is 19.8. The van der Waals surface area contributed by atoms with Crippen molar-refractivity contribution in [3.05, 3.63) is 0 Å². The summed E-state index contributed by atoms with van der Waals surface area (Å²) < 4.78 is 17.4. The highest BCUT2D eigenvalue weighted by molar-refractivity contribution is 6.62. The van der Waals surface area contributed by atoms with Gasteiger partial charge in [-0.25, -0.2) is 0 Å². The molecule has 5 heteroatoms. The van der Waals surface area contributed by atoms with Gasteiger partial charge in [-0.1, -0.05) is 97.3 Å². The smallest absolute Gasteiger partial charge is 0.377 e. The van der Waals surface area contributed by atoms with Crippen LogP contribution in [0.3, 0.4) is 0 Å². The van der Waals surface area contributed by atoms with E-state index in [4.69, 9.17) is 13.3 Å². The molecule has 0 aromatic carbocycles. The summed E-state index contributed by atoms with van der Waals surface area (Å²) in [4.78, 5) is 0. The van der Waals surface area contributed by atoms with E-state index in [1.54, 1.807) is 21.3 Å². The Kier molecular flexibility index (Phi) is 22.0. The molecule has 0 aromatic rings. The molecule has 26 heavy (non-hydrogen) atoms. The molecule has 0 saturated carbocycles. The van der Waals surface area contributed by atoms with Crippen LogP contribution in [0.15, 0.2) is 0 Å². The molecule has 0 bridgehead atoms. The van der Waals surface area contributed by atoms with Crippen molar-refractivity contribution < 1.29 is 13.3 Å². The highest BCUT2D eigenvalue weighted by atomic mass is 28.4. The molecular formula is C21H50O3Si2. The summed E-state index contributed by atoms with van der Waals surface area (Å²) in [7, 11) is 2.78. The molecule has 0 rings (SSSR count). The standard InChI is InChI=1S/C21H46O3Si.H4Si/c1-6-8-10-12-14-16-18-20-21(25(22-3,23-4)24-5)19-17-15-13-11-9-7-2;/h21H,6-20H2,1-5H3;1H4. The molecule has 0 aliphatic carbocycles. The molecule has 0 N–H and O–H groups in total. The van der Waals surface area contributed by atoms with Crippen molar-refractivity contribution >= 4 is 19.8 Å². The Morgan fingerprint density at radius 1 is 0.538 bits per heavy atom. The summed E-state index contributed by atoms with van der Waals surface area (Å²) in [6.45, 7) is 4.55. The Labute approximate surface area is 170 Å². The van der Waals surface area contributed by atoms with E-state index in [0.717, 1.165) is 0 Å². The predicted octanol–water partition coefficient (Wildman–Crippen LogP) is 5.67. The number of rotatable bonds is 19. The average Bonchev–Trinajstić information content (AvgIpc) is 2.64. The fourth-order valence-corrected chi connectivity index (χ4v) is 6.38. The van der Waals surface area contributed by atoms with Crippen LogP contribution in [0.2, 0.25) is 5.54 Å². The second kappa shape index (κ2) is 20.1. The van der Waals surface area contributed by atoms with Gasteiger partial charge < -0.3 is 13.3 Å². The van der Waals surface area contributed by atoms with Crippen LogP contribution in [0.25, 0.3) is 0 Å². The zero-order valence-corrected chi connectivity index (χ0v) is 18.9. The predicted molar refractivity (Wildman–Crippen MR) is 122 cm³/mol. The monoisotopic (exact) mass is 406 g/mol. The van der Waals surface area contributed by atoms with E-state index in [-0.39, 0.29) is 11.0 Å². The Bertz CT molecular complexity index is 266. The first-order chi connectivity index (χ1) is 12.2. The van der Waals surface area contributed by atoms with Crippen LogP contribution in [-0.2, 0) is 13.3 Å². The lowest BCUT2D eigenvalue weighted by Gasteiger charge is -2.32. The molecule has 0 aliphatic rings. The summed E-state index contributed by atoms with van der Waals surface area (Å²) in [5.41, 5.74) is 0.453. The second-order valence-corrected chi connectivity index (χ2v) is 10.6. The quantitative estimate of drug-likeness (QED) is 0.204. The van der Waals surface area contributed by atoms with Gasteiger partial charge in [-0.3, -0.25) is 0 Å². The third kappa shape index (κ3) is 12.7. The van der Waals surface area contributed by atoms with Crippen molar-refractivity contribution in [3.8, 4) is 0 Å². The zero-order valence-electron chi connectivity index (χ0n) is 17.9. The molecule has 0 spiro atoms. The van der Waals surface area contributed by atoms with Crippen LogP contribution in [-0.4, -0.2) is 41.1 Å². The topological polar surface area (TPSA) is 27.7 Å². The third-order valence-corrected chi connectivity index (χ3v) is 8.70. The van der Waals surface area contributed by atoms with Crippen LogP contribution < -0.4 is 0 Å². The first-order valence-corrected chi connectivity index (χ1v) is 12.7. The van der Waals surface area contributed by atoms with Crippen molar-refractivity contribution in [2.24, 2.45) is 0 Å². The minimum absolute atomic E-state index is 0. The Balaban J connectivity index is 0. The van der Waals surface area contributed by atoms with Gasteiger partial charge >= 0.3 is 8.80 Å². The normalized spacial score (nSPS) is 12.8. The van der Waals surface area contributed by atoms with E-state index in [9.17, 15) is 0 Å². The third-order valence-electron chi connectivity index (χ3n) is 5.42. The molecule has 0 aromatic heterocycles. The van der Waals surface area contributed by atoms with E-state index in [2.05, 4.69) is 13.8 Å². The SMILES string of the molecule is CCCCCCCCCC(CCCCCCCC)[Si](OC)(OC)OC.[SiH4]. The molecule has 1 unspecified atom stereocenters. The highest BCUT2D eigenvalue weighted by Gasteiger charge is 2.46. The van der Waals surface area contributed by atoms with Crippen molar-refractivity contribution in [2.45, 2.75) is 116 Å². The number of unbranched alkanes of at least 4 members (excludes halogenated alkanes) is 11. The summed E-state index contributed by atoms with van der Waals surface area (Å²) in [5.74, 6) is 0. The lowest BCUT2D eigenvalue weighted by molar-refractivity contribution is 0.107. The maximum atomic E-state index is 5.80. The zero-order chi connectivity index (χ0) is 18.8. The first-order valence-electron chi connectivity index (χ1n) is 10.9. The van der Waals surface area contributed by atoms with Gasteiger partial charge in [-0.05, 0) is 23.8 Å². The minimum Gasteiger partial charge on any atom is -0.377 e. The van der Waals surface area contributed by atoms with Gasteiger partial charge in [0.2, 0.25) is 0 Å². The number of hydrogen-bond acceptors (Lipinski definition) is 3. The van der Waals surface area contributed by atoms with Crippen LogP contribution in [0.4, 0.5) is 0 Å². The van der Waals surface area contributed by atoms with Crippen LogP contribution in [0, 0.1) is 0 Å². The Morgan fingerprint density at radius 3 is 1.15 bits per heavy atom. The van der Waals surface area contributed by atoms with Gasteiger partial charge in [-0.2, -0.15) is 0 Å². The van der Waals surface area contributed by atoms with Gasteiger partial charge in [0, 0.05) is 26.9 Å². The lowest BCUT2D eigenvalue weighted by atomic mass is 10.0. The lowest BCUT2D eigenvalue weighted by Crippen LogP contribution is -2.47. The first kappa shape index (κ1) is 28.5. The van der Waals surface area contributed by atoms with Gasteiger partial charge in [0.25, 0.3) is 0 Å². The molecule has 1 atom stereocenters. The second-order valence-electron chi connectivity index (χ2n) is 7.38. The van der Waals surface area contributed by atoms with E-state index >= 15 is 0 Å². The fraction of sp³-hybridized carbons (Fsp3) is 1.00. The molecule has 0 radical (unpaired) electrons. The minimum atomic E-state index is -2.50. The summed E-state index contributed by atoms with van der Waals surface area (Å²) in [6, 6.07) is 0. The molecule has 160 valence electrons. The van der Waals surface area contributed by atoms with Crippen LogP contribution in [0.5, 0.6) is 0 Å². The van der Waals surface area contributed by atoms with Crippen LogP contribution in [0.1, 0.15) is 110 Å². The molecule has 3 nitrogen and oxygen atoms in total. The Morgan fingerprint density at radius 2 is 0.846 bits per heavy atom. The van der Waals surface area contributed by atoms with E-state index in [1.165, 1.54) is 96.3 Å². The van der Waals surface area contributed by atoms with Crippen molar-refractivity contribution in [2.75, 3.05) is 21.3 Å². The van der Waals surface area contributed by atoms with Gasteiger partial charge in [-0.15, -0.1) is 0 Å². The van der Waals surface area contributed by atoms with E-state index in [1.807, 2.05) is 0 Å². The van der Waals surface area contributed by atoms with E-state index < -0.39 is 8.80 Å². The van der Waals surface area contributed by atoms with Crippen molar-refractivity contribution in [1.82, 2.24) is 0 Å². The van der Waals surface area contributed by atoms with Gasteiger partial charge in [0.15, 0.2) is 0 Å². The highest BCUT2D eigenvalue weighted by Crippen LogP contribution is 2.34. The summed E-state index contributed by atoms with van der Waals surface area (Å²) in [5, 5.41) is 0. The molecule has 0 saturated heterocycles. The molecule has 0 aliphatic heterocycles. The van der Waals surface area contributed by atoms with Gasteiger partial charge in [0.1, 0.15) is 0 Å². The Hall–Kier alpha value is 0.314. The molecule has 0 amide bonds. The summed E-state index contributed by atoms with van der Waals surface area (Å²) >= 11 is 0. The fourth-order valence-electron chi connectivity index (χ4n) is 3.77. The van der Waals surface area contributed by atoms with Crippen molar-refractivity contribution in [3.63, 3.8) is 0 Å². The average molecular weight is 407 g/mol. The van der Waals surface area contributed by atoms with Crippen molar-refractivity contribution in [1.29, 1.82) is 0 Å². The van der Waals surface area contributed by atoms with Gasteiger partial charge in [0.05, 0.1) is 0 Å². The molecular weight excluding hydrogens is 356 g/mol. The largest absolute Gasteiger partial charge is 0.503 e. The van der Waals surface area contributed by atoms with Crippen LogP contribution >= 0.6 is 0 Å².